The third-order valence-corrected chi connectivity index (χ3v) is 5.93. The number of furan rings is 1. The molecule has 2 aromatic heterocycles. The zero-order chi connectivity index (χ0) is 18.8. The van der Waals surface area contributed by atoms with Crippen LogP contribution in [-0.4, -0.2) is 23.5 Å². The molecule has 136 valence electrons. The van der Waals surface area contributed by atoms with Crippen LogP contribution in [0.25, 0.3) is 11.1 Å². The van der Waals surface area contributed by atoms with E-state index in [1.807, 2.05) is 36.4 Å². The maximum atomic E-state index is 9.97. The standard InChI is InChI=1S/C21H18ClN3OS/c1-25-9-8-19-18(12-25)20(14-4-6-15(22)7-5-14)17(11-23)21(24-19)27-13-16-3-2-10-26-16/h2-7,10H,8-9,12-13H2,1H3. The molecule has 1 aliphatic heterocycles. The number of hydrogen-bond acceptors (Lipinski definition) is 5. The third-order valence-electron chi connectivity index (χ3n) is 4.68. The lowest BCUT2D eigenvalue weighted by atomic mass is 9.92. The molecule has 0 atom stereocenters. The van der Waals surface area contributed by atoms with E-state index in [4.69, 9.17) is 21.0 Å². The van der Waals surface area contributed by atoms with Gasteiger partial charge in [-0.15, -0.1) is 0 Å². The average molecular weight is 396 g/mol. The Bertz CT molecular complexity index is 994. The molecule has 0 unspecified atom stereocenters. The number of thioether (sulfide) groups is 1. The number of benzene rings is 1. The highest BCUT2D eigenvalue weighted by Gasteiger charge is 2.25. The highest BCUT2D eigenvalue weighted by Crippen LogP contribution is 2.38. The van der Waals surface area contributed by atoms with Gasteiger partial charge in [0.25, 0.3) is 0 Å². The van der Waals surface area contributed by atoms with Crippen LogP contribution in [0.3, 0.4) is 0 Å². The molecule has 4 rings (SSSR count). The fourth-order valence-electron chi connectivity index (χ4n) is 3.35. The first-order valence-corrected chi connectivity index (χ1v) is 10.1. The predicted molar refractivity (Wildman–Crippen MR) is 108 cm³/mol. The van der Waals surface area contributed by atoms with Crippen molar-refractivity contribution in [3.63, 3.8) is 0 Å². The third kappa shape index (κ3) is 3.74. The normalized spacial score (nSPS) is 14.0. The minimum Gasteiger partial charge on any atom is -0.468 e. The van der Waals surface area contributed by atoms with Gasteiger partial charge < -0.3 is 9.32 Å². The van der Waals surface area contributed by atoms with Crippen LogP contribution < -0.4 is 0 Å². The summed E-state index contributed by atoms with van der Waals surface area (Å²) in [6, 6.07) is 13.9. The minimum absolute atomic E-state index is 0.628. The van der Waals surface area contributed by atoms with Gasteiger partial charge in [-0.3, -0.25) is 0 Å². The molecule has 3 aromatic rings. The van der Waals surface area contributed by atoms with Crippen molar-refractivity contribution < 1.29 is 4.42 Å². The van der Waals surface area contributed by atoms with Gasteiger partial charge in [0, 0.05) is 35.8 Å². The zero-order valence-corrected chi connectivity index (χ0v) is 16.5. The summed E-state index contributed by atoms with van der Waals surface area (Å²) < 4.78 is 5.43. The maximum absolute atomic E-state index is 9.97. The summed E-state index contributed by atoms with van der Waals surface area (Å²) in [4.78, 5) is 7.13. The number of likely N-dealkylation sites (N-methyl/N-ethyl adjacent to an activating group) is 1. The van der Waals surface area contributed by atoms with Crippen LogP contribution in [0.2, 0.25) is 5.02 Å². The second-order valence-electron chi connectivity index (χ2n) is 6.57. The quantitative estimate of drug-likeness (QED) is 0.572. The summed E-state index contributed by atoms with van der Waals surface area (Å²) >= 11 is 7.63. The van der Waals surface area contributed by atoms with E-state index in [1.54, 1.807) is 18.0 Å². The molecule has 0 spiro atoms. The van der Waals surface area contributed by atoms with E-state index < -0.39 is 0 Å². The first kappa shape index (κ1) is 18.1. The van der Waals surface area contributed by atoms with E-state index >= 15 is 0 Å². The van der Waals surface area contributed by atoms with Gasteiger partial charge in [-0.1, -0.05) is 35.5 Å². The first-order chi connectivity index (χ1) is 13.2. The van der Waals surface area contributed by atoms with Gasteiger partial charge in [0.15, 0.2) is 0 Å². The molecule has 0 aliphatic carbocycles. The van der Waals surface area contributed by atoms with Gasteiger partial charge in [-0.2, -0.15) is 5.26 Å². The van der Waals surface area contributed by atoms with E-state index in [9.17, 15) is 5.26 Å². The molecular formula is C21H18ClN3OS. The SMILES string of the molecule is CN1CCc2nc(SCc3ccco3)c(C#N)c(-c3ccc(Cl)cc3)c2C1. The number of hydrogen-bond donors (Lipinski definition) is 0. The monoisotopic (exact) mass is 395 g/mol. The molecule has 1 aromatic carbocycles. The topological polar surface area (TPSA) is 53.1 Å². The van der Waals surface area contributed by atoms with Gasteiger partial charge in [0.05, 0.1) is 17.6 Å². The Morgan fingerprint density at radius 2 is 2.11 bits per heavy atom. The second kappa shape index (κ2) is 7.77. The number of pyridine rings is 1. The number of nitrogens with zero attached hydrogens (tertiary/aromatic N) is 3. The molecule has 0 saturated carbocycles. The number of rotatable bonds is 4. The molecular weight excluding hydrogens is 378 g/mol. The average Bonchev–Trinajstić information content (AvgIpc) is 3.19. The number of nitriles is 1. The lowest BCUT2D eigenvalue weighted by Gasteiger charge is -2.28. The first-order valence-electron chi connectivity index (χ1n) is 8.71. The molecule has 0 bridgehead atoms. The van der Waals surface area contributed by atoms with Crippen LogP contribution in [0.5, 0.6) is 0 Å². The van der Waals surface area contributed by atoms with Crippen LogP contribution in [0.1, 0.15) is 22.6 Å². The molecule has 0 N–H and O–H groups in total. The van der Waals surface area contributed by atoms with Crippen molar-refractivity contribution >= 4 is 23.4 Å². The Hall–Kier alpha value is -2.26. The highest BCUT2D eigenvalue weighted by atomic mass is 35.5. The summed E-state index contributed by atoms with van der Waals surface area (Å²) in [5.41, 5.74) is 4.84. The van der Waals surface area contributed by atoms with E-state index in [0.717, 1.165) is 52.7 Å². The summed E-state index contributed by atoms with van der Waals surface area (Å²) in [6.45, 7) is 1.76. The Kier molecular flexibility index (Phi) is 5.22. The second-order valence-corrected chi connectivity index (χ2v) is 7.97. The Balaban J connectivity index is 1.84. The van der Waals surface area contributed by atoms with Crippen LogP contribution >= 0.6 is 23.4 Å². The van der Waals surface area contributed by atoms with Crippen molar-refractivity contribution in [1.82, 2.24) is 9.88 Å². The van der Waals surface area contributed by atoms with Crippen molar-refractivity contribution in [1.29, 1.82) is 5.26 Å². The molecule has 3 heterocycles. The van der Waals surface area contributed by atoms with Gasteiger partial charge in [-0.05, 0) is 42.4 Å². The molecule has 1 aliphatic rings. The molecule has 4 nitrogen and oxygen atoms in total. The van der Waals surface area contributed by atoms with E-state index in [2.05, 4.69) is 18.0 Å². The van der Waals surface area contributed by atoms with E-state index in [-0.39, 0.29) is 0 Å². The van der Waals surface area contributed by atoms with Gasteiger partial charge in [0.2, 0.25) is 0 Å². The highest BCUT2D eigenvalue weighted by molar-refractivity contribution is 7.98. The minimum atomic E-state index is 0.628. The van der Waals surface area contributed by atoms with Gasteiger partial charge in [0.1, 0.15) is 16.9 Å². The van der Waals surface area contributed by atoms with Crippen molar-refractivity contribution in [2.45, 2.75) is 23.7 Å². The largest absolute Gasteiger partial charge is 0.468 e. The summed E-state index contributed by atoms with van der Waals surface area (Å²) in [6.07, 6.45) is 2.54. The Morgan fingerprint density at radius 3 is 2.81 bits per heavy atom. The van der Waals surface area contributed by atoms with Crippen LogP contribution in [0.4, 0.5) is 0 Å². The summed E-state index contributed by atoms with van der Waals surface area (Å²) in [5.74, 6) is 1.52. The molecule has 0 fully saturated rings. The van der Waals surface area contributed by atoms with Crippen molar-refractivity contribution in [2.24, 2.45) is 0 Å². The zero-order valence-electron chi connectivity index (χ0n) is 14.9. The van der Waals surface area contributed by atoms with Crippen LogP contribution in [-0.2, 0) is 18.7 Å². The van der Waals surface area contributed by atoms with E-state index in [1.165, 1.54) is 0 Å². The van der Waals surface area contributed by atoms with Crippen LogP contribution in [0.15, 0.2) is 52.1 Å². The Labute approximate surface area is 167 Å². The summed E-state index contributed by atoms with van der Waals surface area (Å²) in [5, 5.41) is 11.4. The number of halogens is 1. The number of aromatic nitrogens is 1. The van der Waals surface area contributed by atoms with Crippen LogP contribution in [0, 0.1) is 11.3 Å². The summed E-state index contributed by atoms with van der Waals surface area (Å²) in [7, 11) is 2.10. The van der Waals surface area contributed by atoms with E-state index in [0.29, 0.717) is 16.3 Å². The fraction of sp³-hybridized carbons (Fsp3) is 0.238. The maximum Gasteiger partial charge on any atom is 0.115 e. The molecule has 0 radical (unpaired) electrons. The predicted octanol–water partition coefficient (Wildman–Crippen LogP) is 5.15. The number of fused-ring (bicyclic) bond motifs is 1. The molecule has 0 saturated heterocycles. The smallest absolute Gasteiger partial charge is 0.115 e. The van der Waals surface area contributed by atoms with Gasteiger partial charge >= 0.3 is 0 Å². The van der Waals surface area contributed by atoms with Crippen molar-refractivity contribution in [3.05, 3.63) is 70.3 Å². The molecule has 0 amide bonds. The van der Waals surface area contributed by atoms with Gasteiger partial charge in [-0.25, -0.2) is 4.98 Å². The molecule has 6 heteroatoms. The fourth-order valence-corrected chi connectivity index (χ4v) is 4.38. The Morgan fingerprint density at radius 1 is 1.30 bits per heavy atom. The lowest BCUT2D eigenvalue weighted by Crippen LogP contribution is -2.28. The molecule has 27 heavy (non-hydrogen) atoms. The van der Waals surface area contributed by atoms with Crippen molar-refractivity contribution in [3.8, 4) is 17.2 Å². The lowest BCUT2D eigenvalue weighted by molar-refractivity contribution is 0.309. The van der Waals surface area contributed by atoms with Crippen molar-refractivity contribution in [2.75, 3.05) is 13.6 Å².